The van der Waals surface area contributed by atoms with Gasteiger partial charge in [-0.15, -0.1) is 0 Å². The number of benzene rings is 2. The quantitative estimate of drug-likeness (QED) is 0.532. The fourth-order valence-corrected chi connectivity index (χ4v) is 3.62. The Balaban J connectivity index is 1.61. The summed E-state index contributed by atoms with van der Waals surface area (Å²) in [4.78, 5) is 24.9. The van der Waals surface area contributed by atoms with Gasteiger partial charge in [0.2, 0.25) is 0 Å². The Morgan fingerprint density at radius 3 is 2.60 bits per heavy atom. The highest BCUT2D eigenvalue weighted by molar-refractivity contribution is 6.00. The Morgan fingerprint density at radius 1 is 1.27 bits per heavy atom. The predicted molar refractivity (Wildman–Crippen MR) is 111 cm³/mol. The maximum absolute atomic E-state index is 13.9. The number of nitrogens with zero attached hydrogens (tertiary/aromatic N) is 2. The van der Waals surface area contributed by atoms with Crippen LogP contribution in [0.15, 0.2) is 36.4 Å². The predicted octanol–water partition coefficient (Wildman–Crippen LogP) is 3.18. The second kappa shape index (κ2) is 9.53. The summed E-state index contributed by atoms with van der Waals surface area (Å²) < 4.78 is 18.8. The molecule has 1 fully saturated rings. The molecule has 1 saturated heterocycles. The molecule has 0 bridgehead atoms. The SMILES string of the molecule is CNC(=O)c1cc([N+](=O)[O-])ccc1NC1CCN(Cc2ccc(OC)c(F)c2)CC1. The molecule has 0 aromatic heterocycles. The Hall–Kier alpha value is -3.20. The van der Waals surface area contributed by atoms with Gasteiger partial charge in [0.25, 0.3) is 11.6 Å². The highest BCUT2D eigenvalue weighted by atomic mass is 19.1. The monoisotopic (exact) mass is 416 g/mol. The molecule has 2 N–H and O–H groups in total. The molecule has 0 aliphatic carbocycles. The number of rotatable bonds is 7. The molecule has 2 aromatic carbocycles. The van der Waals surface area contributed by atoms with Crippen molar-refractivity contribution in [3.8, 4) is 5.75 Å². The number of carbonyl (C=O) groups excluding carboxylic acids is 1. The number of hydrogen-bond donors (Lipinski definition) is 2. The van der Waals surface area contributed by atoms with E-state index in [4.69, 9.17) is 4.74 Å². The first kappa shape index (κ1) is 21.5. The summed E-state index contributed by atoms with van der Waals surface area (Å²) in [6.07, 6.45) is 1.67. The molecule has 2 aromatic rings. The molecule has 1 heterocycles. The van der Waals surface area contributed by atoms with Crippen molar-refractivity contribution in [2.24, 2.45) is 0 Å². The molecular weight excluding hydrogens is 391 g/mol. The largest absolute Gasteiger partial charge is 0.494 e. The number of likely N-dealkylation sites (tertiary alicyclic amines) is 1. The number of ether oxygens (including phenoxy) is 1. The molecule has 0 saturated carbocycles. The van der Waals surface area contributed by atoms with Crippen molar-refractivity contribution < 1.29 is 18.8 Å². The number of methoxy groups -OCH3 is 1. The van der Waals surface area contributed by atoms with E-state index in [1.54, 1.807) is 12.1 Å². The van der Waals surface area contributed by atoms with Crippen LogP contribution in [-0.4, -0.2) is 49.0 Å². The van der Waals surface area contributed by atoms with E-state index in [-0.39, 0.29) is 34.8 Å². The number of nitrogens with one attached hydrogen (secondary N) is 2. The van der Waals surface area contributed by atoms with Crippen LogP contribution in [0.4, 0.5) is 15.8 Å². The fourth-order valence-electron chi connectivity index (χ4n) is 3.62. The van der Waals surface area contributed by atoms with E-state index in [0.717, 1.165) is 31.5 Å². The van der Waals surface area contributed by atoms with E-state index in [0.29, 0.717) is 12.2 Å². The van der Waals surface area contributed by atoms with Crippen molar-refractivity contribution in [2.45, 2.75) is 25.4 Å². The third kappa shape index (κ3) is 5.04. The second-order valence-electron chi connectivity index (χ2n) is 7.23. The fraction of sp³-hybridized carbons (Fsp3) is 0.381. The molecule has 1 aliphatic rings. The molecule has 1 amide bonds. The minimum Gasteiger partial charge on any atom is -0.494 e. The van der Waals surface area contributed by atoms with Crippen molar-refractivity contribution in [2.75, 3.05) is 32.6 Å². The van der Waals surface area contributed by atoms with E-state index >= 15 is 0 Å². The van der Waals surface area contributed by atoms with Gasteiger partial charge in [-0.05, 0) is 36.6 Å². The van der Waals surface area contributed by atoms with Crippen LogP contribution >= 0.6 is 0 Å². The smallest absolute Gasteiger partial charge is 0.270 e. The highest BCUT2D eigenvalue weighted by Gasteiger charge is 2.22. The topological polar surface area (TPSA) is 96.7 Å². The summed E-state index contributed by atoms with van der Waals surface area (Å²) in [6.45, 7) is 2.27. The summed E-state index contributed by atoms with van der Waals surface area (Å²) in [5.74, 6) is -0.511. The zero-order chi connectivity index (χ0) is 21.7. The summed E-state index contributed by atoms with van der Waals surface area (Å²) in [5.41, 5.74) is 1.59. The van der Waals surface area contributed by atoms with Gasteiger partial charge < -0.3 is 15.4 Å². The molecule has 160 valence electrons. The lowest BCUT2D eigenvalue weighted by atomic mass is 10.0. The van der Waals surface area contributed by atoms with Crippen molar-refractivity contribution in [3.63, 3.8) is 0 Å². The van der Waals surface area contributed by atoms with Gasteiger partial charge in [-0.3, -0.25) is 19.8 Å². The van der Waals surface area contributed by atoms with Gasteiger partial charge in [-0.2, -0.15) is 0 Å². The van der Waals surface area contributed by atoms with Gasteiger partial charge in [-0.25, -0.2) is 4.39 Å². The van der Waals surface area contributed by atoms with Crippen LogP contribution in [0.2, 0.25) is 0 Å². The number of amides is 1. The molecule has 8 nitrogen and oxygen atoms in total. The standard InChI is InChI=1S/C21H25FN4O4/c1-23-21(27)17-12-16(26(28)29)4-5-19(17)24-15-7-9-25(10-8-15)13-14-3-6-20(30-2)18(22)11-14/h3-6,11-12,15,24H,7-10,13H2,1-2H3,(H,23,27). The van der Waals surface area contributed by atoms with Gasteiger partial charge in [0, 0.05) is 50.5 Å². The van der Waals surface area contributed by atoms with Crippen LogP contribution in [-0.2, 0) is 6.54 Å². The lowest BCUT2D eigenvalue weighted by Crippen LogP contribution is -2.39. The number of halogens is 1. The van der Waals surface area contributed by atoms with Gasteiger partial charge in [-0.1, -0.05) is 6.07 Å². The van der Waals surface area contributed by atoms with Gasteiger partial charge >= 0.3 is 0 Å². The van der Waals surface area contributed by atoms with Crippen molar-refractivity contribution in [1.29, 1.82) is 0 Å². The van der Waals surface area contributed by atoms with E-state index in [9.17, 15) is 19.3 Å². The normalized spacial score (nSPS) is 14.9. The maximum Gasteiger partial charge on any atom is 0.270 e. The summed E-state index contributed by atoms with van der Waals surface area (Å²) >= 11 is 0. The molecule has 9 heteroatoms. The molecule has 0 unspecified atom stereocenters. The number of anilines is 1. The number of piperidine rings is 1. The van der Waals surface area contributed by atoms with Gasteiger partial charge in [0.15, 0.2) is 11.6 Å². The van der Waals surface area contributed by atoms with E-state index in [1.165, 1.54) is 32.4 Å². The van der Waals surface area contributed by atoms with E-state index < -0.39 is 4.92 Å². The number of carbonyl (C=O) groups is 1. The molecule has 0 atom stereocenters. The van der Waals surface area contributed by atoms with Crippen LogP contribution in [0.5, 0.6) is 5.75 Å². The molecule has 3 rings (SSSR count). The summed E-state index contributed by atoms with van der Waals surface area (Å²) in [7, 11) is 2.93. The van der Waals surface area contributed by atoms with Crippen molar-refractivity contribution >= 4 is 17.3 Å². The first-order chi connectivity index (χ1) is 14.4. The third-order valence-electron chi connectivity index (χ3n) is 5.26. The first-order valence-corrected chi connectivity index (χ1v) is 9.73. The highest BCUT2D eigenvalue weighted by Crippen LogP contribution is 2.26. The Labute approximate surface area is 174 Å². The van der Waals surface area contributed by atoms with Crippen LogP contribution in [0.3, 0.4) is 0 Å². The molecular formula is C21H25FN4O4. The molecule has 30 heavy (non-hydrogen) atoms. The zero-order valence-corrected chi connectivity index (χ0v) is 17.0. The van der Waals surface area contributed by atoms with Crippen molar-refractivity contribution in [3.05, 3.63) is 63.5 Å². The molecule has 1 aliphatic heterocycles. The van der Waals surface area contributed by atoms with Crippen LogP contribution in [0.1, 0.15) is 28.8 Å². The van der Waals surface area contributed by atoms with E-state index in [2.05, 4.69) is 15.5 Å². The van der Waals surface area contributed by atoms with Gasteiger partial charge in [0.05, 0.1) is 17.6 Å². The molecule has 0 radical (unpaired) electrons. The lowest BCUT2D eigenvalue weighted by molar-refractivity contribution is -0.384. The minimum atomic E-state index is -0.517. The van der Waals surface area contributed by atoms with Crippen LogP contribution in [0.25, 0.3) is 0 Å². The Morgan fingerprint density at radius 2 is 2.00 bits per heavy atom. The number of nitro groups is 1. The second-order valence-corrected chi connectivity index (χ2v) is 7.23. The third-order valence-corrected chi connectivity index (χ3v) is 5.26. The number of hydrogen-bond acceptors (Lipinski definition) is 6. The van der Waals surface area contributed by atoms with Crippen molar-refractivity contribution in [1.82, 2.24) is 10.2 Å². The van der Waals surface area contributed by atoms with Gasteiger partial charge in [0.1, 0.15) is 0 Å². The van der Waals surface area contributed by atoms with Crippen LogP contribution in [0, 0.1) is 15.9 Å². The zero-order valence-electron chi connectivity index (χ0n) is 17.0. The lowest BCUT2D eigenvalue weighted by Gasteiger charge is -2.33. The summed E-state index contributed by atoms with van der Waals surface area (Å²) in [5, 5.41) is 16.9. The average Bonchev–Trinajstić information content (AvgIpc) is 2.75. The summed E-state index contributed by atoms with van der Waals surface area (Å²) in [6, 6.07) is 9.38. The Kier molecular flexibility index (Phi) is 6.83. The number of non-ortho nitro benzene ring substituents is 1. The minimum absolute atomic E-state index is 0.124. The van der Waals surface area contributed by atoms with E-state index in [1.807, 2.05) is 6.07 Å². The average molecular weight is 416 g/mol. The Bertz CT molecular complexity index is 929. The van der Waals surface area contributed by atoms with Crippen LogP contribution < -0.4 is 15.4 Å². The maximum atomic E-state index is 13.9. The first-order valence-electron chi connectivity index (χ1n) is 9.73. The number of nitro benzene ring substituents is 1. The molecule has 0 spiro atoms.